The fraction of sp³-hybridized carbons (Fsp3) is 0.500. The molecule has 4 rings (SSSR count). The highest BCUT2D eigenvalue weighted by Gasteiger charge is 2.32. The highest BCUT2D eigenvalue weighted by molar-refractivity contribution is 6.32. The smallest absolute Gasteiger partial charge is 0.227 e. The van der Waals surface area contributed by atoms with Gasteiger partial charge in [-0.2, -0.15) is 0 Å². The van der Waals surface area contributed by atoms with E-state index in [0.717, 1.165) is 30.5 Å². The first-order valence-corrected chi connectivity index (χ1v) is 12.2. The van der Waals surface area contributed by atoms with Crippen molar-refractivity contribution < 1.29 is 23.8 Å². The Labute approximate surface area is 205 Å². The molecule has 1 unspecified atom stereocenters. The summed E-state index contributed by atoms with van der Waals surface area (Å²) >= 11 is 6.48. The third kappa shape index (κ3) is 5.94. The van der Waals surface area contributed by atoms with Gasteiger partial charge >= 0.3 is 0 Å². The summed E-state index contributed by atoms with van der Waals surface area (Å²) in [5, 5.41) is 10.1. The molecule has 1 amide bonds. The van der Waals surface area contributed by atoms with Crippen LogP contribution in [0.3, 0.4) is 0 Å². The van der Waals surface area contributed by atoms with E-state index in [4.69, 9.17) is 21.1 Å². The Kier molecular flexibility index (Phi) is 7.84. The molecule has 1 saturated heterocycles. The summed E-state index contributed by atoms with van der Waals surface area (Å²) in [4.78, 5) is 17.6. The predicted molar refractivity (Wildman–Crippen MR) is 129 cm³/mol. The largest absolute Gasteiger partial charge is 0.505 e. The highest BCUT2D eigenvalue weighted by atomic mass is 35.5. The van der Waals surface area contributed by atoms with E-state index in [-0.39, 0.29) is 17.6 Å². The summed E-state index contributed by atoms with van der Waals surface area (Å²) in [6.07, 6.45) is 1.57. The minimum absolute atomic E-state index is 0.108. The number of carbonyl (C=O) groups excluding carboxylic acids is 1. The molecule has 8 heteroatoms. The monoisotopic (exact) mass is 490 g/mol. The lowest BCUT2D eigenvalue weighted by atomic mass is 10.0. The van der Waals surface area contributed by atoms with E-state index >= 15 is 0 Å². The number of halogens is 2. The molecule has 2 aliphatic rings. The van der Waals surface area contributed by atoms with Gasteiger partial charge in [0.25, 0.3) is 0 Å². The molecule has 2 aliphatic heterocycles. The molecular formula is C26H32ClFN2O4. The Bertz CT molecular complexity index is 1030. The van der Waals surface area contributed by atoms with Crippen molar-refractivity contribution in [1.29, 1.82) is 0 Å². The van der Waals surface area contributed by atoms with Gasteiger partial charge < -0.3 is 19.5 Å². The Morgan fingerprint density at radius 1 is 1.24 bits per heavy atom. The number of phenols is 1. The minimum Gasteiger partial charge on any atom is -0.505 e. The Hall–Kier alpha value is -2.51. The van der Waals surface area contributed by atoms with Crippen LogP contribution in [0.1, 0.15) is 37.8 Å². The van der Waals surface area contributed by atoms with Crippen LogP contribution in [0.4, 0.5) is 4.39 Å². The van der Waals surface area contributed by atoms with E-state index in [1.54, 1.807) is 6.07 Å². The molecule has 0 bridgehead atoms. The van der Waals surface area contributed by atoms with Crippen LogP contribution in [0.15, 0.2) is 30.3 Å². The van der Waals surface area contributed by atoms with Crippen LogP contribution in [-0.4, -0.2) is 53.7 Å². The van der Waals surface area contributed by atoms with Gasteiger partial charge in [0, 0.05) is 32.6 Å². The van der Waals surface area contributed by atoms with Crippen molar-refractivity contribution in [2.24, 2.45) is 11.8 Å². The average molecular weight is 491 g/mol. The van der Waals surface area contributed by atoms with E-state index in [1.165, 1.54) is 12.1 Å². The number of amides is 1. The number of ether oxygens (including phenoxy) is 2. The Balaban J connectivity index is 1.44. The number of aromatic hydroxyl groups is 1. The first kappa shape index (κ1) is 24.6. The van der Waals surface area contributed by atoms with Gasteiger partial charge in [-0.05, 0) is 54.3 Å². The van der Waals surface area contributed by atoms with Crippen molar-refractivity contribution in [1.82, 2.24) is 9.80 Å². The summed E-state index contributed by atoms with van der Waals surface area (Å²) in [5.74, 6) is 0.567. The third-order valence-corrected chi connectivity index (χ3v) is 6.45. The lowest BCUT2D eigenvalue weighted by Crippen LogP contribution is -2.39. The lowest BCUT2D eigenvalue weighted by molar-refractivity contribution is -0.136. The van der Waals surface area contributed by atoms with Gasteiger partial charge in [-0.1, -0.05) is 31.5 Å². The summed E-state index contributed by atoms with van der Waals surface area (Å²) in [6.45, 7) is 8.42. The van der Waals surface area contributed by atoms with Crippen molar-refractivity contribution in [2.45, 2.75) is 39.8 Å². The lowest BCUT2D eigenvalue weighted by Gasteiger charge is -2.28. The van der Waals surface area contributed by atoms with Gasteiger partial charge in [0.05, 0.1) is 24.2 Å². The molecule has 2 heterocycles. The van der Waals surface area contributed by atoms with Crippen molar-refractivity contribution in [2.75, 3.05) is 32.8 Å². The molecule has 0 saturated carbocycles. The zero-order chi connectivity index (χ0) is 24.2. The van der Waals surface area contributed by atoms with Gasteiger partial charge in [-0.3, -0.25) is 9.69 Å². The van der Waals surface area contributed by atoms with Crippen molar-refractivity contribution in [3.8, 4) is 17.2 Å². The number of carbonyl (C=O) groups is 1. The van der Waals surface area contributed by atoms with Crippen molar-refractivity contribution in [3.05, 3.63) is 52.3 Å². The second-order valence-electron chi connectivity index (χ2n) is 9.57. The number of phenolic OH excluding ortho intramolecular Hbond substituents is 1. The fourth-order valence-electron chi connectivity index (χ4n) is 4.62. The highest BCUT2D eigenvalue weighted by Crippen LogP contribution is 2.38. The molecule has 2 aromatic rings. The minimum atomic E-state index is -0.627. The molecule has 0 aromatic heterocycles. The van der Waals surface area contributed by atoms with Gasteiger partial charge in [0.1, 0.15) is 0 Å². The van der Waals surface area contributed by atoms with E-state index in [0.29, 0.717) is 61.8 Å². The zero-order valence-corrected chi connectivity index (χ0v) is 20.5. The summed E-state index contributed by atoms with van der Waals surface area (Å²) in [6, 6.07) is 8.17. The van der Waals surface area contributed by atoms with Crippen LogP contribution in [0, 0.1) is 17.7 Å². The number of hydrogen-bond donors (Lipinski definition) is 1. The standard InChI is InChI=1S/C26H32ClFN2O4/c1-17(2)13-30(15-19-10-21(27)25-24(12-19)33-8-3-9-34-25)26(32)20-6-7-29(16-20)14-18-4-5-22(28)23(31)11-18/h4-5,10-12,17,20,31H,3,6-9,13-16H2,1-2H3. The summed E-state index contributed by atoms with van der Waals surface area (Å²) in [7, 11) is 0. The van der Waals surface area contributed by atoms with Gasteiger partial charge in [-0.25, -0.2) is 4.39 Å². The Morgan fingerprint density at radius 3 is 2.79 bits per heavy atom. The second kappa shape index (κ2) is 10.8. The molecule has 2 aromatic carbocycles. The van der Waals surface area contributed by atoms with Crippen LogP contribution in [0.25, 0.3) is 0 Å². The maximum absolute atomic E-state index is 13.5. The van der Waals surface area contributed by atoms with Crippen LogP contribution in [-0.2, 0) is 17.9 Å². The molecule has 0 aliphatic carbocycles. The quantitative estimate of drug-likeness (QED) is 0.601. The molecule has 0 radical (unpaired) electrons. The van der Waals surface area contributed by atoms with E-state index in [9.17, 15) is 14.3 Å². The predicted octanol–water partition coefficient (Wildman–Crippen LogP) is 4.85. The molecule has 6 nitrogen and oxygen atoms in total. The van der Waals surface area contributed by atoms with Crippen LogP contribution < -0.4 is 9.47 Å². The van der Waals surface area contributed by atoms with E-state index in [1.807, 2.05) is 17.0 Å². The molecule has 184 valence electrons. The SMILES string of the molecule is CC(C)CN(Cc1cc(Cl)c2c(c1)OCCCO2)C(=O)C1CCN(Cc2ccc(F)c(O)c2)C1. The molecule has 1 N–H and O–H groups in total. The maximum atomic E-state index is 13.5. The number of likely N-dealkylation sites (tertiary alicyclic amines) is 1. The summed E-state index contributed by atoms with van der Waals surface area (Å²) in [5.41, 5.74) is 1.74. The van der Waals surface area contributed by atoms with Crippen LogP contribution >= 0.6 is 11.6 Å². The van der Waals surface area contributed by atoms with Crippen molar-refractivity contribution >= 4 is 17.5 Å². The Morgan fingerprint density at radius 2 is 2.03 bits per heavy atom. The molecule has 0 spiro atoms. The first-order chi connectivity index (χ1) is 16.3. The van der Waals surface area contributed by atoms with Gasteiger partial charge in [0.2, 0.25) is 5.91 Å². The first-order valence-electron chi connectivity index (χ1n) is 11.9. The normalized spacial score (nSPS) is 18.2. The number of hydrogen-bond acceptors (Lipinski definition) is 5. The molecule has 34 heavy (non-hydrogen) atoms. The van der Waals surface area contributed by atoms with Crippen LogP contribution in [0.5, 0.6) is 17.2 Å². The molecule has 1 atom stereocenters. The van der Waals surface area contributed by atoms with Crippen molar-refractivity contribution in [3.63, 3.8) is 0 Å². The van der Waals surface area contributed by atoms with E-state index < -0.39 is 5.82 Å². The van der Waals surface area contributed by atoms with Gasteiger partial charge in [0.15, 0.2) is 23.1 Å². The fourth-order valence-corrected chi connectivity index (χ4v) is 4.91. The topological polar surface area (TPSA) is 62.2 Å². The zero-order valence-electron chi connectivity index (χ0n) is 19.7. The number of fused-ring (bicyclic) bond motifs is 1. The maximum Gasteiger partial charge on any atom is 0.227 e. The average Bonchev–Trinajstić information content (AvgIpc) is 3.11. The van der Waals surface area contributed by atoms with E-state index in [2.05, 4.69) is 18.7 Å². The van der Waals surface area contributed by atoms with Crippen LogP contribution in [0.2, 0.25) is 5.02 Å². The number of benzene rings is 2. The summed E-state index contributed by atoms with van der Waals surface area (Å²) < 4.78 is 24.9. The molecular weight excluding hydrogens is 459 g/mol. The number of rotatable bonds is 7. The second-order valence-corrected chi connectivity index (χ2v) is 9.98. The number of nitrogens with zero attached hydrogens (tertiary/aromatic N) is 2. The molecule has 1 fully saturated rings. The van der Waals surface area contributed by atoms with Gasteiger partial charge in [-0.15, -0.1) is 0 Å². The third-order valence-electron chi connectivity index (χ3n) is 6.17.